The Hall–Kier alpha value is -1.77. The average Bonchev–Trinajstić information content (AvgIpc) is 2.68. The Morgan fingerprint density at radius 2 is 2.20 bits per heavy atom. The van der Waals surface area contributed by atoms with Crippen molar-refractivity contribution in [3.8, 4) is 5.75 Å². The molecule has 1 aromatic carbocycles. The summed E-state index contributed by atoms with van der Waals surface area (Å²) in [6.45, 7) is 5.32. The van der Waals surface area contributed by atoms with Crippen molar-refractivity contribution >= 4 is 5.84 Å². The first-order valence-corrected chi connectivity index (χ1v) is 5.05. The summed E-state index contributed by atoms with van der Waals surface area (Å²) < 4.78 is 0. The highest BCUT2D eigenvalue weighted by Gasteiger charge is 2.16. The first-order chi connectivity index (χ1) is 7.40. The minimum Gasteiger partial charge on any atom is -0.378 e. The van der Waals surface area contributed by atoms with E-state index in [2.05, 4.69) is 11.6 Å². The van der Waals surface area contributed by atoms with E-state index in [1.165, 1.54) is 0 Å². The van der Waals surface area contributed by atoms with Crippen LogP contribution in [-0.4, -0.2) is 24.0 Å². The Kier molecular flexibility index (Phi) is 3.02. The van der Waals surface area contributed by atoms with Gasteiger partial charge >= 0.3 is 0 Å². The minimum atomic E-state index is 0.757. The van der Waals surface area contributed by atoms with Crippen molar-refractivity contribution in [1.82, 2.24) is 5.06 Å². The van der Waals surface area contributed by atoms with Crippen molar-refractivity contribution in [3.05, 3.63) is 43.0 Å². The van der Waals surface area contributed by atoms with Crippen molar-refractivity contribution in [2.45, 2.75) is 6.42 Å². The first-order valence-electron chi connectivity index (χ1n) is 5.05. The minimum absolute atomic E-state index is 0.757. The molecule has 1 aromatic rings. The third-order valence-electron chi connectivity index (χ3n) is 2.17. The lowest BCUT2D eigenvalue weighted by molar-refractivity contribution is 0.0295. The van der Waals surface area contributed by atoms with E-state index in [0.29, 0.717) is 0 Å². The molecule has 0 radical (unpaired) electrons. The summed E-state index contributed by atoms with van der Waals surface area (Å²) in [7, 11) is 0. The quantitative estimate of drug-likeness (QED) is 0.700. The molecule has 15 heavy (non-hydrogen) atoms. The fourth-order valence-electron chi connectivity index (χ4n) is 1.48. The summed E-state index contributed by atoms with van der Waals surface area (Å²) in [4.78, 5) is 10.0. The van der Waals surface area contributed by atoms with Gasteiger partial charge in [0.05, 0.1) is 13.1 Å². The van der Waals surface area contributed by atoms with E-state index in [1.54, 1.807) is 0 Å². The molecule has 0 N–H and O–H groups in total. The molecule has 0 aromatic heterocycles. The Bertz CT molecular complexity index is 359. The van der Waals surface area contributed by atoms with Gasteiger partial charge in [-0.1, -0.05) is 24.3 Å². The van der Waals surface area contributed by atoms with Gasteiger partial charge in [-0.15, -0.1) is 6.58 Å². The van der Waals surface area contributed by atoms with Gasteiger partial charge in [-0.2, -0.15) is 5.06 Å². The lowest BCUT2D eigenvalue weighted by atomic mass is 10.3. The largest absolute Gasteiger partial charge is 0.378 e. The molecular formula is C12H14N2O. The maximum Gasteiger partial charge on any atom is 0.155 e. The van der Waals surface area contributed by atoms with E-state index >= 15 is 0 Å². The van der Waals surface area contributed by atoms with Crippen LogP contribution in [0, 0.1) is 0 Å². The van der Waals surface area contributed by atoms with Gasteiger partial charge in [0.15, 0.2) is 5.75 Å². The molecule has 3 heteroatoms. The molecule has 0 unspecified atom stereocenters. The second-order valence-electron chi connectivity index (χ2n) is 3.30. The Morgan fingerprint density at radius 1 is 1.40 bits per heavy atom. The second-order valence-corrected chi connectivity index (χ2v) is 3.30. The van der Waals surface area contributed by atoms with Crippen LogP contribution in [0.1, 0.15) is 6.42 Å². The zero-order chi connectivity index (χ0) is 10.5. The van der Waals surface area contributed by atoms with Gasteiger partial charge in [0.25, 0.3) is 0 Å². The summed E-state index contributed by atoms with van der Waals surface area (Å²) in [6, 6.07) is 9.74. The van der Waals surface area contributed by atoms with Crippen LogP contribution in [0.25, 0.3) is 0 Å². The number of hydrogen-bond acceptors (Lipinski definition) is 3. The number of rotatable bonds is 4. The molecule has 0 saturated heterocycles. The van der Waals surface area contributed by atoms with E-state index in [4.69, 9.17) is 4.84 Å². The smallest absolute Gasteiger partial charge is 0.155 e. The summed E-state index contributed by atoms with van der Waals surface area (Å²) in [5.41, 5.74) is 0. The maximum absolute atomic E-state index is 5.70. The lowest BCUT2D eigenvalue weighted by Gasteiger charge is -2.19. The van der Waals surface area contributed by atoms with Crippen LogP contribution in [0.3, 0.4) is 0 Å². The summed E-state index contributed by atoms with van der Waals surface area (Å²) >= 11 is 0. The fraction of sp³-hybridized carbons (Fsp3) is 0.250. The summed E-state index contributed by atoms with van der Waals surface area (Å²) in [5.74, 6) is 1.80. The first kappa shape index (κ1) is 9.77. The molecule has 78 valence electrons. The van der Waals surface area contributed by atoms with E-state index in [9.17, 15) is 0 Å². The van der Waals surface area contributed by atoms with Gasteiger partial charge in [0, 0.05) is 6.42 Å². The predicted octanol–water partition coefficient (Wildman–Crippen LogP) is 2.27. The zero-order valence-electron chi connectivity index (χ0n) is 8.60. The number of hydrogen-bond donors (Lipinski definition) is 0. The molecule has 0 saturated carbocycles. The van der Waals surface area contributed by atoms with Gasteiger partial charge in [0.2, 0.25) is 0 Å². The molecule has 1 aliphatic rings. The standard InChI is InChI=1S/C12H14N2O/c1-2-6-12-13-9-10-14(12)15-11-7-4-3-5-8-11/h2-5,7-8H,1,6,9-10H2. The van der Waals surface area contributed by atoms with Crippen molar-refractivity contribution in [2.75, 3.05) is 13.1 Å². The van der Waals surface area contributed by atoms with Crippen LogP contribution in [-0.2, 0) is 0 Å². The highest BCUT2D eigenvalue weighted by molar-refractivity contribution is 5.84. The van der Waals surface area contributed by atoms with Gasteiger partial charge in [-0.05, 0) is 12.1 Å². The van der Waals surface area contributed by atoms with E-state index < -0.39 is 0 Å². The van der Waals surface area contributed by atoms with E-state index in [-0.39, 0.29) is 0 Å². The Labute approximate surface area is 89.6 Å². The third-order valence-corrected chi connectivity index (χ3v) is 2.17. The van der Waals surface area contributed by atoms with Gasteiger partial charge in [-0.3, -0.25) is 4.99 Å². The zero-order valence-corrected chi connectivity index (χ0v) is 8.60. The normalized spacial score (nSPS) is 14.9. The van der Waals surface area contributed by atoms with Crippen molar-refractivity contribution in [2.24, 2.45) is 4.99 Å². The second kappa shape index (κ2) is 4.64. The highest BCUT2D eigenvalue weighted by atomic mass is 16.7. The number of benzene rings is 1. The average molecular weight is 202 g/mol. The van der Waals surface area contributed by atoms with Crippen LogP contribution < -0.4 is 4.84 Å². The molecular weight excluding hydrogens is 188 g/mol. The monoisotopic (exact) mass is 202 g/mol. The van der Waals surface area contributed by atoms with Gasteiger partial charge < -0.3 is 4.84 Å². The predicted molar refractivity (Wildman–Crippen MR) is 60.9 cm³/mol. The molecule has 2 rings (SSSR count). The van der Waals surface area contributed by atoms with Crippen molar-refractivity contribution < 1.29 is 4.84 Å². The Balaban J connectivity index is 2.01. The molecule has 0 amide bonds. The molecule has 0 atom stereocenters. The van der Waals surface area contributed by atoms with Crippen LogP contribution in [0.2, 0.25) is 0 Å². The highest BCUT2D eigenvalue weighted by Crippen LogP contribution is 2.14. The van der Waals surface area contributed by atoms with E-state index in [1.807, 2.05) is 41.5 Å². The lowest BCUT2D eigenvalue weighted by Crippen LogP contribution is -2.30. The number of aliphatic imine (C=N–C) groups is 1. The van der Waals surface area contributed by atoms with Crippen molar-refractivity contribution in [1.29, 1.82) is 0 Å². The molecule has 0 aliphatic carbocycles. The number of hydroxylamine groups is 2. The van der Waals surface area contributed by atoms with E-state index in [0.717, 1.165) is 31.1 Å². The third kappa shape index (κ3) is 2.37. The summed E-state index contributed by atoms with van der Waals surface area (Å²) in [6.07, 6.45) is 2.60. The molecule has 0 bridgehead atoms. The topological polar surface area (TPSA) is 24.8 Å². The van der Waals surface area contributed by atoms with Crippen LogP contribution in [0.5, 0.6) is 5.75 Å². The summed E-state index contributed by atoms with van der Waals surface area (Å²) in [5, 5.41) is 1.83. The number of para-hydroxylation sites is 1. The molecule has 0 spiro atoms. The molecule has 1 aliphatic heterocycles. The van der Waals surface area contributed by atoms with Gasteiger partial charge in [0.1, 0.15) is 5.84 Å². The van der Waals surface area contributed by atoms with Crippen molar-refractivity contribution in [3.63, 3.8) is 0 Å². The molecule has 3 nitrogen and oxygen atoms in total. The number of amidine groups is 1. The van der Waals surface area contributed by atoms with Crippen LogP contribution >= 0.6 is 0 Å². The number of nitrogens with zero attached hydrogens (tertiary/aromatic N) is 2. The maximum atomic E-state index is 5.70. The van der Waals surface area contributed by atoms with Gasteiger partial charge in [-0.25, -0.2) is 0 Å². The Morgan fingerprint density at radius 3 is 2.93 bits per heavy atom. The molecule has 0 fully saturated rings. The van der Waals surface area contributed by atoms with Crippen LogP contribution in [0.4, 0.5) is 0 Å². The van der Waals surface area contributed by atoms with Crippen LogP contribution in [0.15, 0.2) is 48.0 Å². The fourth-order valence-corrected chi connectivity index (χ4v) is 1.48. The SMILES string of the molecule is C=CCC1=NCCN1Oc1ccccc1. The molecule has 1 heterocycles.